The van der Waals surface area contributed by atoms with Crippen LogP contribution in [0.1, 0.15) is 239 Å². The molecule has 0 heterocycles. The van der Waals surface area contributed by atoms with Crippen LogP contribution in [0.3, 0.4) is 0 Å². The lowest BCUT2D eigenvalue weighted by atomic mass is 10.1. The Bertz CT molecular complexity index is 1010. The van der Waals surface area contributed by atoms with Crippen molar-refractivity contribution in [1.29, 1.82) is 0 Å². The summed E-state index contributed by atoms with van der Waals surface area (Å²) in [4.78, 5) is 25.1. The smallest absolute Gasteiger partial charge is 0.306 e. The van der Waals surface area contributed by atoms with Gasteiger partial charge in [-0.05, 0) is 83.5 Å². The molecule has 5 heteroatoms. The van der Waals surface area contributed by atoms with Gasteiger partial charge in [-0.3, -0.25) is 9.59 Å². The van der Waals surface area contributed by atoms with E-state index in [4.69, 9.17) is 14.2 Å². The molecule has 0 radical (unpaired) electrons. The summed E-state index contributed by atoms with van der Waals surface area (Å²) in [5, 5.41) is 0. The summed E-state index contributed by atoms with van der Waals surface area (Å²) in [6, 6.07) is 0. The summed E-state index contributed by atoms with van der Waals surface area (Å²) < 4.78 is 17.2. The number of carbonyl (C=O) groups is 2. The Kier molecular flexibility index (Phi) is 46.9. The lowest BCUT2D eigenvalue weighted by Crippen LogP contribution is -2.30. The molecule has 5 nitrogen and oxygen atoms in total. The molecule has 0 fully saturated rings. The summed E-state index contributed by atoms with van der Waals surface area (Å²) >= 11 is 0. The first kappa shape index (κ1) is 55.6. The molecule has 0 aliphatic carbocycles. The molecule has 0 aromatic heterocycles. The highest BCUT2D eigenvalue weighted by Crippen LogP contribution is 2.14. The minimum atomic E-state index is -0.542. The van der Waals surface area contributed by atoms with Crippen molar-refractivity contribution in [3.63, 3.8) is 0 Å². The fraction of sp³-hybridized carbons (Fsp3) is 0.774. The zero-order chi connectivity index (χ0) is 42.1. The van der Waals surface area contributed by atoms with Gasteiger partial charge in [0.05, 0.1) is 6.61 Å². The molecular formula is C53H94O5. The molecule has 1 atom stereocenters. The van der Waals surface area contributed by atoms with Crippen molar-refractivity contribution in [2.75, 3.05) is 19.8 Å². The van der Waals surface area contributed by atoms with Gasteiger partial charge in [0.1, 0.15) is 6.61 Å². The number of ether oxygens (including phenoxy) is 3. The zero-order valence-electron chi connectivity index (χ0n) is 38.6. The maximum atomic E-state index is 12.6. The van der Waals surface area contributed by atoms with Crippen molar-refractivity contribution in [3.05, 3.63) is 60.8 Å². The highest BCUT2D eigenvalue weighted by Gasteiger charge is 2.17. The fourth-order valence-electron chi connectivity index (χ4n) is 6.85. The third-order valence-corrected chi connectivity index (χ3v) is 10.5. The maximum absolute atomic E-state index is 12.6. The predicted octanol–water partition coefficient (Wildman–Crippen LogP) is 16.6. The van der Waals surface area contributed by atoms with Gasteiger partial charge in [0.25, 0.3) is 0 Å². The van der Waals surface area contributed by atoms with E-state index in [-0.39, 0.29) is 25.2 Å². The van der Waals surface area contributed by atoms with Crippen LogP contribution in [0.25, 0.3) is 0 Å². The third-order valence-electron chi connectivity index (χ3n) is 10.5. The average molecular weight is 811 g/mol. The van der Waals surface area contributed by atoms with Gasteiger partial charge in [-0.25, -0.2) is 0 Å². The van der Waals surface area contributed by atoms with Crippen LogP contribution in [0.4, 0.5) is 0 Å². The standard InChI is InChI=1S/C53H94O5/c1-4-7-10-13-15-17-19-21-23-25-27-28-30-32-34-36-38-41-43-46-52(54)57-50-51(58-53(55)47-44-40-12-9-6-3)49-56-48-45-42-39-37-35-33-31-29-26-24-22-20-18-16-14-11-8-5-2/h8,11,16,18,21-24,29,31,51H,4-7,9-10,12-15,17,19-20,25-28,30,32-50H2,1-3H3/b11-8-,18-16-,23-21-,24-22-,31-29-. The zero-order valence-corrected chi connectivity index (χ0v) is 38.6. The van der Waals surface area contributed by atoms with Crippen LogP contribution in [0.15, 0.2) is 60.8 Å². The molecule has 0 amide bonds. The van der Waals surface area contributed by atoms with Crippen LogP contribution in [-0.2, 0) is 23.8 Å². The molecule has 336 valence electrons. The van der Waals surface area contributed by atoms with Crippen molar-refractivity contribution in [2.24, 2.45) is 0 Å². The molecule has 0 aliphatic rings. The normalized spacial score (nSPS) is 12.7. The molecule has 0 aromatic rings. The molecule has 0 saturated carbocycles. The number of hydrogen-bond acceptors (Lipinski definition) is 5. The maximum Gasteiger partial charge on any atom is 0.306 e. The Hall–Kier alpha value is -2.40. The number of esters is 2. The van der Waals surface area contributed by atoms with E-state index < -0.39 is 6.10 Å². The van der Waals surface area contributed by atoms with Crippen molar-refractivity contribution in [3.8, 4) is 0 Å². The lowest BCUT2D eigenvalue weighted by molar-refractivity contribution is -0.163. The van der Waals surface area contributed by atoms with Crippen molar-refractivity contribution in [2.45, 2.75) is 245 Å². The number of carbonyl (C=O) groups excluding carboxylic acids is 2. The molecule has 0 N–H and O–H groups in total. The molecule has 0 bridgehead atoms. The summed E-state index contributed by atoms with van der Waals surface area (Å²) in [5.74, 6) is -0.419. The van der Waals surface area contributed by atoms with Gasteiger partial charge in [0.2, 0.25) is 0 Å². The fourth-order valence-corrected chi connectivity index (χ4v) is 6.85. The highest BCUT2D eigenvalue weighted by molar-refractivity contribution is 5.70. The van der Waals surface area contributed by atoms with E-state index in [0.29, 0.717) is 19.4 Å². The van der Waals surface area contributed by atoms with Crippen LogP contribution < -0.4 is 0 Å². The van der Waals surface area contributed by atoms with Crippen molar-refractivity contribution in [1.82, 2.24) is 0 Å². The van der Waals surface area contributed by atoms with E-state index in [0.717, 1.165) is 77.0 Å². The van der Waals surface area contributed by atoms with E-state index in [1.165, 1.54) is 128 Å². The predicted molar refractivity (Wildman–Crippen MR) is 251 cm³/mol. The van der Waals surface area contributed by atoms with Crippen LogP contribution in [-0.4, -0.2) is 37.9 Å². The average Bonchev–Trinajstić information content (AvgIpc) is 3.22. The van der Waals surface area contributed by atoms with Gasteiger partial charge in [-0.15, -0.1) is 0 Å². The SMILES string of the molecule is CC/C=C\C/C=C\C/C=C\C/C=C\CCCCCCCOCC(COC(=O)CCCCCCCCCCC/C=C\CCCCCCCC)OC(=O)CCCCCCC. The van der Waals surface area contributed by atoms with Crippen molar-refractivity contribution >= 4 is 11.9 Å². The van der Waals surface area contributed by atoms with Crippen LogP contribution in [0.2, 0.25) is 0 Å². The second-order valence-corrected chi connectivity index (χ2v) is 16.3. The number of hydrogen-bond donors (Lipinski definition) is 0. The summed E-state index contributed by atoms with van der Waals surface area (Å²) in [6.07, 6.45) is 61.1. The highest BCUT2D eigenvalue weighted by atomic mass is 16.6. The van der Waals surface area contributed by atoms with Gasteiger partial charge in [0, 0.05) is 19.4 Å². The minimum Gasteiger partial charge on any atom is -0.462 e. The van der Waals surface area contributed by atoms with Gasteiger partial charge < -0.3 is 14.2 Å². The first-order chi connectivity index (χ1) is 28.6. The molecular weight excluding hydrogens is 717 g/mol. The Morgan fingerprint density at radius 1 is 0.397 bits per heavy atom. The molecule has 0 saturated heterocycles. The Labute approximate surface area is 360 Å². The van der Waals surface area contributed by atoms with E-state index in [1.807, 2.05) is 0 Å². The van der Waals surface area contributed by atoms with Gasteiger partial charge >= 0.3 is 11.9 Å². The first-order valence-corrected chi connectivity index (χ1v) is 24.8. The Balaban J connectivity index is 4.05. The van der Waals surface area contributed by atoms with Crippen LogP contribution in [0.5, 0.6) is 0 Å². The third kappa shape index (κ3) is 46.3. The lowest BCUT2D eigenvalue weighted by Gasteiger charge is -2.18. The van der Waals surface area contributed by atoms with Crippen LogP contribution >= 0.6 is 0 Å². The summed E-state index contributed by atoms with van der Waals surface area (Å²) in [5.41, 5.74) is 0. The Morgan fingerprint density at radius 2 is 0.776 bits per heavy atom. The number of unbranched alkanes of at least 4 members (excludes halogenated alkanes) is 24. The molecule has 0 aromatic carbocycles. The van der Waals surface area contributed by atoms with Gasteiger partial charge in [0.15, 0.2) is 6.10 Å². The minimum absolute atomic E-state index is 0.0760. The summed E-state index contributed by atoms with van der Waals surface area (Å²) in [7, 11) is 0. The number of rotatable bonds is 45. The van der Waals surface area contributed by atoms with E-state index in [9.17, 15) is 9.59 Å². The molecule has 1 unspecified atom stereocenters. The van der Waals surface area contributed by atoms with Gasteiger partial charge in [-0.1, -0.05) is 204 Å². The number of allylic oxidation sites excluding steroid dienone is 10. The van der Waals surface area contributed by atoms with Crippen LogP contribution in [0, 0.1) is 0 Å². The quantitative estimate of drug-likeness (QED) is 0.0348. The van der Waals surface area contributed by atoms with E-state index in [2.05, 4.69) is 81.5 Å². The van der Waals surface area contributed by atoms with E-state index in [1.54, 1.807) is 0 Å². The first-order valence-electron chi connectivity index (χ1n) is 24.8. The second kappa shape index (κ2) is 49.0. The van der Waals surface area contributed by atoms with Gasteiger partial charge in [-0.2, -0.15) is 0 Å². The monoisotopic (exact) mass is 811 g/mol. The largest absolute Gasteiger partial charge is 0.462 e. The molecule has 58 heavy (non-hydrogen) atoms. The molecule has 0 rings (SSSR count). The second-order valence-electron chi connectivity index (χ2n) is 16.3. The molecule has 0 spiro atoms. The van der Waals surface area contributed by atoms with Crippen molar-refractivity contribution < 1.29 is 23.8 Å². The topological polar surface area (TPSA) is 61.8 Å². The summed E-state index contributed by atoms with van der Waals surface area (Å²) in [6.45, 7) is 7.61. The Morgan fingerprint density at radius 3 is 1.26 bits per heavy atom. The van der Waals surface area contributed by atoms with E-state index >= 15 is 0 Å². The molecule has 0 aliphatic heterocycles.